The van der Waals surface area contributed by atoms with Gasteiger partial charge in [0.15, 0.2) is 4.34 Å². The molecule has 0 radical (unpaired) electrons. The van der Waals surface area contributed by atoms with Gasteiger partial charge in [0.2, 0.25) is 11.0 Å². The lowest BCUT2D eigenvalue weighted by atomic mass is 10.2. The number of hydrogen-bond acceptors (Lipinski definition) is 8. The Bertz CT molecular complexity index is 597. The van der Waals surface area contributed by atoms with Crippen LogP contribution in [-0.4, -0.2) is 36.6 Å². The molecule has 1 atom stereocenters. The van der Waals surface area contributed by atoms with Gasteiger partial charge in [-0.15, -0.1) is 10.2 Å². The minimum atomic E-state index is -0.139. The number of thioether (sulfide) groups is 1. The molecule has 2 rings (SSSR count). The van der Waals surface area contributed by atoms with Crippen molar-refractivity contribution in [2.75, 3.05) is 11.5 Å². The Balaban J connectivity index is 1.91. The van der Waals surface area contributed by atoms with Crippen LogP contribution < -0.4 is 11.1 Å². The average molecular weight is 327 g/mol. The summed E-state index contributed by atoms with van der Waals surface area (Å²) in [7, 11) is 0. The highest BCUT2D eigenvalue weighted by Crippen LogP contribution is 2.23. The average Bonchev–Trinajstić information content (AvgIpc) is 3.11. The Morgan fingerprint density at radius 2 is 2.33 bits per heavy atom. The quantitative estimate of drug-likeness (QED) is 0.732. The molecule has 10 heteroatoms. The number of hydrogen-bond donors (Lipinski definition) is 2. The van der Waals surface area contributed by atoms with E-state index in [0.717, 1.165) is 18.8 Å². The molecule has 2 aromatic heterocycles. The first kappa shape index (κ1) is 15.7. The van der Waals surface area contributed by atoms with Crippen LogP contribution in [0.25, 0.3) is 0 Å². The summed E-state index contributed by atoms with van der Waals surface area (Å²) in [4.78, 5) is 16.2. The van der Waals surface area contributed by atoms with Crippen molar-refractivity contribution in [1.29, 1.82) is 0 Å². The van der Waals surface area contributed by atoms with E-state index in [-0.39, 0.29) is 17.7 Å². The van der Waals surface area contributed by atoms with E-state index in [1.165, 1.54) is 29.4 Å². The molecule has 1 amide bonds. The summed E-state index contributed by atoms with van der Waals surface area (Å²) in [6.45, 7) is 4.71. The minimum Gasteiger partial charge on any atom is -0.374 e. The van der Waals surface area contributed by atoms with Gasteiger partial charge in [0.25, 0.3) is 0 Å². The molecular weight excluding hydrogens is 310 g/mol. The van der Waals surface area contributed by atoms with Crippen molar-refractivity contribution in [3.63, 3.8) is 0 Å². The molecule has 8 nitrogen and oxygen atoms in total. The maximum Gasteiger partial charge on any atom is 0.231 e. The number of anilines is 1. The SMILES string of the molecule is CC[C@H](NC(=O)CSc1nnc(N)s1)c1ncnn1CC. The molecule has 0 saturated heterocycles. The zero-order chi connectivity index (χ0) is 15.2. The third kappa shape index (κ3) is 4.14. The van der Waals surface area contributed by atoms with Crippen LogP contribution in [0.3, 0.4) is 0 Å². The van der Waals surface area contributed by atoms with Gasteiger partial charge in [-0.25, -0.2) is 9.67 Å². The fourth-order valence-electron chi connectivity index (χ4n) is 1.78. The predicted molar refractivity (Wildman–Crippen MR) is 81.9 cm³/mol. The van der Waals surface area contributed by atoms with E-state index in [0.29, 0.717) is 9.47 Å². The summed E-state index contributed by atoms with van der Waals surface area (Å²) in [6, 6.07) is -0.139. The van der Waals surface area contributed by atoms with E-state index < -0.39 is 0 Å². The van der Waals surface area contributed by atoms with E-state index in [2.05, 4.69) is 25.6 Å². The second-order valence-electron chi connectivity index (χ2n) is 4.16. The van der Waals surface area contributed by atoms with Gasteiger partial charge in [-0.05, 0) is 13.3 Å². The molecule has 114 valence electrons. The molecular formula is C11H17N7OS2. The summed E-state index contributed by atoms with van der Waals surface area (Å²) in [5, 5.41) is 15.1. The molecule has 0 saturated carbocycles. The predicted octanol–water partition coefficient (Wildman–Crippen LogP) is 1.09. The summed E-state index contributed by atoms with van der Waals surface area (Å²) in [5.41, 5.74) is 5.50. The first-order valence-corrected chi connectivity index (χ1v) is 8.33. The molecule has 0 spiro atoms. The van der Waals surface area contributed by atoms with Crippen LogP contribution in [0.5, 0.6) is 0 Å². The second-order valence-corrected chi connectivity index (χ2v) is 6.39. The van der Waals surface area contributed by atoms with Crippen molar-refractivity contribution in [3.8, 4) is 0 Å². The molecule has 0 aliphatic heterocycles. The number of nitrogens with two attached hydrogens (primary N) is 1. The Kier molecular flexibility index (Phi) is 5.51. The largest absolute Gasteiger partial charge is 0.374 e. The van der Waals surface area contributed by atoms with Crippen LogP contribution in [-0.2, 0) is 11.3 Å². The number of rotatable bonds is 7. The van der Waals surface area contributed by atoms with Crippen LogP contribution >= 0.6 is 23.1 Å². The van der Waals surface area contributed by atoms with Gasteiger partial charge in [-0.2, -0.15) is 5.10 Å². The number of carbonyl (C=O) groups is 1. The van der Waals surface area contributed by atoms with E-state index in [4.69, 9.17) is 5.73 Å². The van der Waals surface area contributed by atoms with Crippen molar-refractivity contribution in [2.45, 2.75) is 37.2 Å². The van der Waals surface area contributed by atoms with Crippen LogP contribution in [0.15, 0.2) is 10.7 Å². The zero-order valence-corrected chi connectivity index (χ0v) is 13.4. The van der Waals surface area contributed by atoms with Crippen molar-refractivity contribution in [2.24, 2.45) is 0 Å². The van der Waals surface area contributed by atoms with E-state index >= 15 is 0 Å². The third-order valence-electron chi connectivity index (χ3n) is 2.75. The number of nitrogens with one attached hydrogen (secondary N) is 1. The van der Waals surface area contributed by atoms with Gasteiger partial charge >= 0.3 is 0 Å². The van der Waals surface area contributed by atoms with Crippen LogP contribution in [0.2, 0.25) is 0 Å². The third-order valence-corrected chi connectivity index (χ3v) is 4.63. The second kappa shape index (κ2) is 7.36. The Morgan fingerprint density at radius 3 is 2.95 bits per heavy atom. The number of nitrogens with zero attached hydrogens (tertiary/aromatic N) is 5. The van der Waals surface area contributed by atoms with Crippen LogP contribution in [0.4, 0.5) is 5.13 Å². The van der Waals surface area contributed by atoms with E-state index in [9.17, 15) is 4.79 Å². The molecule has 3 N–H and O–H groups in total. The number of aryl methyl sites for hydroxylation is 1. The standard InChI is InChI=1S/C11H17N7OS2/c1-3-7(9-13-6-14-18(9)4-2)15-8(19)5-20-11-17-16-10(12)21-11/h6-7H,3-5H2,1-2H3,(H2,12,16)(H,15,19)/t7-/m0/s1. The van der Waals surface area contributed by atoms with Crippen LogP contribution in [0.1, 0.15) is 32.1 Å². The molecule has 0 bridgehead atoms. The molecule has 0 aliphatic rings. The molecule has 0 unspecified atom stereocenters. The number of amides is 1. The van der Waals surface area contributed by atoms with Crippen molar-refractivity contribution in [3.05, 3.63) is 12.2 Å². The van der Waals surface area contributed by atoms with Crippen molar-refractivity contribution in [1.82, 2.24) is 30.3 Å². The highest BCUT2D eigenvalue weighted by molar-refractivity contribution is 8.01. The number of aromatic nitrogens is 5. The van der Waals surface area contributed by atoms with E-state index in [1.807, 2.05) is 13.8 Å². The Labute approximate surface area is 130 Å². The van der Waals surface area contributed by atoms with Gasteiger partial charge in [0.1, 0.15) is 12.2 Å². The van der Waals surface area contributed by atoms with E-state index in [1.54, 1.807) is 4.68 Å². The van der Waals surface area contributed by atoms with Gasteiger partial charge in [-0.3, -0.25) is 4.79 Å². The smallest absolute Gasteiger partial charge is 0.231 e. The minimum absolute atomic E-state index is 0.0775. The lowest BCUT2D eigenvalue weighted by Gasteiger charge is -2.16. The topological polar surface area (TPSA) is 112 Å². The van der Waals surface area contributed by atoms with Gasteiger partial charge in [0.05, 0.1) is 11.8 Å². The maximum atomic E-state index is 12.0. The molecule has 2 heterocycles. The fraction of sp³-hybridized carbons (Fsp3) is 0.545. The first-order chi connectivity index (χ1) is 10.1. The number of nitrogen functional groups attached to an aromatic ring is 1. The monoisotopic (exact) mass is 327 g/mol. The Hall–Kier alpha value is -1.68. The molecule has 21 heavy (non-hydrogen) atoms. The van der Waals surface area contributed by atoms with Gasteiger partial charge in [-0.1, -0.05) is 30.0 Å². The summed E-state index contributed by atoms with van der Waals surface area (Å²) < 4.78 is 2.47. The molecule has 0 fully saturated rings. The first-order valence-electron chi connectivity index (χ1n) is 6.52. The van der Waals surface area contributed by atoms with Gasteiger partial charge in [0, 0.05) is 6.54 Å². The lowest BCUT2D eigenvalue weighted by molar-refractivity contribution is -0.119. The summed E-state index contributed by atoms with van der Waals surface area (Å²) >= 11 is 2.59. The summed E-state index contributed by atoms with van der Waals surface area (Å²) in [6.07, 6.45) is 2.26. The lowest BCUT2D eigenvalue weighted by Crippen LogP contribution is -2.31. The van der Waals surface area contributed by atoms with Crippen LogP contribution in [0, 0.1) is 0 Å². The van der Waals surface area contributed by atoms with Crippen molar-refractivity contribution >= 4 is 34.1 Å². The molecule has 2 aromatic rings. The Morgan fingerprint density at radius 1 is 1.52 bits per heavy atom. The zero-order valence-electron chi connectivity index (χ0n) is 11.8. The normalized spacial score (nSPS) is 12.3. The highest BCUT2D eigenvalue weighted by atomic mass is 32.2. The molecule has 0 aliphatic carbocycles. The maximum absolute atomic E-state index is 12.0. The summed E-state index contributed by atoms with van der Waals surface area (Å²) in [5.74, 6) is 0.968. The van der Waals surface area contributed by atoms with Crippen molar-refractivity contribution < 1.29 is 4.79 Å². The number of carbonyl (C=O) groups excluding carboxylic acids is 1. The van der Waals surface area contributed by atoms with Gasteiger partial charge < -0.3 is 11.1 Å². The molecule has 0 aromatic carbocycles. The highest BCUT2D eigenvalue weighted by Gasteiger charge is 2.18. The fourth-order valence-corrected chi connectivity index (χ4v) is 3.23.